The van der Waals surface area contributed by atoms with Gasteiger partial charge in [-0.3, -0.25) is 9.59 Å². The number of benzene rings is 2. The third-order valence-corrected chi connectivity index (χ3v) is 9.42. The van der Waals surface area contributed by atoms with E-state index in [1.54, 1.807) is 57.1 Å². The van der Waals surface area contributed by atoms with E-state index in [4.69, 9.17) is 19.9 Å². The van der Waals surface area contributed by atoms with Crippen molar-refractivity contribution in [2.24, 2.45) is 5.92 Å². The zero-order valence-electron chi connectivity index (χ0n) is 28.5. The maximum Gasteiger partial charge on any atom is 0.262 e. The second-order valence-corrected chi connectivity index (χ2v) is 13.3. The third kappa shape index (κ3) is 8.17. The molecule has 1 unspecified atom stereocenters. The lowest BCUT2D eigenvalue weighted by atomic mass is 9.99. The number of ether oxygens (including phenoxy) is 3. The predicted octanol–water partition coefficient (Wildman–Crippen LogP) is 5.95. The van der Waals surface area contributed by atoms with Gasteiger partial charge in [0.05, 0.1) is 25.7 Å². The van der Waals surface area contributed by atoms with E-state index < -0.39 is 22.4 Å². The van der Waals surface area contributed by atoms with Crippen molar-refractivity contribution in [1.29, 1.82) is 0 Å². The standard InChI is InChI=1S/C38H39N5O7S/c1-23-4-6-25(7-5-23)30-20-43(19-24-12-14-50-15-13-24)21-31(36(30)44)38(45)42-35-11-9-28(32(41-35)22-51(46)47)29-16-27(18-40-37(29)39)26-8-10-33(48-2)34(17-26)49-3/h4-11,16-18,20-21,24H,12-15,19,22H2,1-3H3,(H2,39,40)(H,46,47)(H,41,42,45). The molecule has 3 aromatic heterocycles. The normalized spacial score (nSPS) is 13.8. The average Bonchev–Trinajstić information content (AvgIpc) is 3.13. The fourth-order valence-electron chi connectivity index (χ4n) is 6.16. The fraction of sp³-hybridized carbons (Fsp3) is 0.263. The zero-order chi connectivity index (χ0) is 36.1. The highest BCUT2D eigenvalue weighted by Gasteiger charge is 2.21. The molecular weight excluding hydrogens is 671 g/mol. The van der Waals surface area contributed by atoms with Crippen LogP contribution >= 0.6 is 0 Å². The second kappa shape index (κ2) is 15.7. The summed E-state index contributed by atoms with van der Waals surface area (Å²) < 4.78 is 40.3. The summed E-state index contributed by atoms with van der Waals surface area (Å²) in [4.78, 5) is 36.6. The largest absolute Gasteiger partial charge is 0.493 e. The molecule has 264 valence electrons. The van der Waals surface area contributed by atoms with Crippen LogP contribution in [-0.2, 0) is 28.1 Å². The Kier molecular flexibility index (Phi) is 10.9. The number of pyridine rings is 3. The number of nitrogens with zero attached hydrogens (tertiary/aromatic N) is 3. The summed E-state index contributed by atoms with van der Waals surface area (Å²) >= 11 is -2.28. The Balaban J connectivity index is 1.35. The van der Waals surface area contributed by atoms with Crippen LogP contribution in [0.4, 0.5) is 11.6 Å². The molecule has 1 atom stereocenters. The highest BCUT2D eigenvalue weighted by Crippen LogP contribution is 2.36. The smallest absolute Gasteiger partial charge is 0.262 e. The van der Waals surface area contributed by atoms with E-state index in [1.165, 1.54) is 0 Å². The molecule has 0 radical (unpaired) electrons. The van der Waals surface area contributed by atoms with Crippen molar-refractivity contribution < 1.29 is 27.8 Å². The lowest BCUT2D eigenvalue weighted by Gasteiger charge is -2.23. The van der Waals surface area contributed by atoms with Gasteiger partial charge in [-0.25, -0.2) is 14.2 Å². The molecule has 13 heteroatoms. The quantitative estimate of drug-likeness (QED) is 0.140. The number of anilines is 2. The van der Waals surface area contributed by atoms with Gasteiger partial charge in [-0.15, -0.1) is 0 Å². The zero-order valence-corrected chi connectivity index (χ0v) is 29.4. The summed E-state index contributed by atoms with van der Waals surface area (Å²) in [5.41, 5.74) is 10.7. The molecule has 6 rings (SSSR count). The number of nitrogens with one attached hydrogen (secondary N) is 1. The topological polar surface area (TPSA) is 168 Å². The van der Waals surface area contributed by atoms with Crippen LogP contribution in [0.5, 0.6) is 11.5 Å². The van der Waals surface area contributed by atoms with Crippen LogP contribution in [-0.4, -0.2) is 56.6 Å². The van der Waals surface area contributed by atoms with Gasteiger partial charge >= 0.3 is 0 Å². The summed E-state index contributed by atoms with van der Waals surface area (Å²) in [7, 11) is 3.10. The molecule has 1 aliphatic rings. The van der Waals surface area contributed by atoms with Gasteiger partial charge in [0.2, 0.25) is 5.43 Å². The van der Waals surface area contributed by atoms with Gasteiger partial charge < -0.3 is 34.4 Å². The second-order valence-electron chi connectivity index (χ2n) is 12.4. The summed E-state index contributed by atoms with van der Waals surface area (Å²) in [6.07, 6.45) is 6.77. The van der Waals surface area contributed by atoms with Gasteiger partial charge in [0, 0.05) is 60.6 Å². The first-order valence-electron chi connectivity index (χ1n) is 16.4. The Morgan fingerprint density at radius 1 is 0.961 bits per heavy atom. The van der Waals surface area contributed by atoms with Crippen LogP contribution in [0, 0.1) is 12.8 Å². The number of hydrogen-bond acceptors (Lipinski definition) is 9. The van der Waals surface area contributed by atoms with Gasteiger partial charge in [-0.05, 0) is 67.1 Å². The monoisotopic (exact) mass is 709 g/mol. The first-order valence-corrected chi connectivity index (χ1v) is 17.7. The Bertz CT molecular complexity index is 2150. The third-order valence-electron chi connectivity index (χ3n) is 8.90. The number of carbonyl (C=O) groups excluding carboxylic acids is 1. The van der Waals surface area contributed by atoms with Crippen LogP contribution in [0.15, 0.2) is 84.0 Å². The Labute approximate surface area is 297 Å². The number of hydrogen-bond donors (Lipinski definition) is 3. The Hall–Kier alpha value is -5.37. The predicted molar refractivity (Wildman–Crippen MR) is 197 cm³/mol. The van der Waals surface area contributed by atoms with Gasteiger partial charge in [-0.2, -0.15) is 0 Å². The van der Waals surface area contributed by atoms with Crippen molar-refractivity contribution in [3.63, 3.8) is 0 Å². The van der Waals surface area contributed by atoms with Gasteiger partial charge in [0.15, 0.2) is 22.6 Å². The van der Waals surface area contributed by atoms with E-state index >= 15 is 0 Å². The molecule has 5 aromatic rings. The fourth-order valence-corrected chi connectivity index (χ4v) is 6.61. The lowest BCUT2D eigenvalue weighted by Crippen LogP contribution is -2.27. The van der Waals surface area contributed by atoms with Crippen LogP contribution in [0.25, 0.3) is 33.4 Å². The number of amides is 1. The highest BCUT2D eigenvalue weighted by atomic mass is 32.2. The number of nitrogens with two attached hydrogens (primary N) is 1. The first-order chi connectivity index (χ1) is 24.6. The highest BCUT2D eigenvalue weighted by molar-refractivity contribution is 7.78. The number of methoxy groups -OCH3 is 2. The molecular formula is C38H39N5O7S. The molecule has 0 saturated carbocycles. The van der Waals surface area contributed by atoms with Crippen LogP contribution in [0.3, 0.4) is 0 Å². The first kappa shape index (κ1) is 35.5. The van der Waals surface area contributed by atoms with Gasteiger partial charge in [0.25, 0.3) is 5.91 Å². The van der Waals surface area contributed by atoms with Crippen molar-refractivity contribution in [3.05, 3.63) is 106 Å². The summed E-state index contributed by atoms with van der Waals surface area (Å²) in [6.45, 7) is 3.94. The molecule has 1 aliphatic heterocycles. The Morgan fingerprint density at radius 2 is 1.69 bits per heavy atom. The van der Waals surface area contributed by atoms with E-state index in [-0.39, 0.29) is 28.6 Å². The summed E-state index contributed by atoms with van der Waals surface area (Å²) in [5, 5.41) is 2.75. The molecule has 1 saturated heterocycles. The molecule has 12 nitrogen and oxygen atoms in total. The van der Waals surface area contributed by atoms with E-state index in [2.05, 4.69) is 15.3 Å². The number of nitrogen functional groups attached to an aromatic ring is 1. The minimum atomic E-state index is -2.28. The molecule has 0 bridgehead atoms. The Morgan fingerprint density at radius 3 is 2.39 bits per heavy atom. The molecule has 51 heavy (non-hydrogen) atoms. The van der Waals surface area contributed by atoms with E-state index in [1.807, 2.05) is 47.9 Å². The average molecular weight is 710 g/mol. The van der Waals surface area contributed by atoms with Gasteiger partial charge in [-0.1, -0.05) is 35.9 Å². The number of aromatic nitrogens is 3. The molecule has 1 fully saturated rings. The minimum Gasteiger partial charge on any atom is -0.493 e. The van der Waals surface area contributed by atoms with Crippen molar-refractivity contribution in [2.75, 3.05) is 38.5 Å². The maximum atomic E-state index is 13.8. The number of carbonyl (C=O) groups is 1. The molecule has 0 aliphatic carbocycles. The number of aryl methyl sites for hydroxylation is 1. The molecule has 0 spiro atoms. The van der Waals surface area contributed by atoms with Crippen molar-refractivity contribution in [3.8, 4) is 44.9 Å². The summed E-state index contributed by atoms with van der Waals surface area (Å²) in [5.74, 6) is 0.725. The SMILES string of the molecule is COc1ccc(-c2cnc(N)c(-c3ccc(NC(=O)c4cn(CC5CCOCC5)cc(-c5ccc(C)cc5)c4=O)nc3CS(=O)O)c2)cc1OC. The maximum absolute atomic E-state index is 13.8. The molecule has 4 N–H and O–H groups in total. The van der Waals surface area contributed by atoms with Crippen LogP contribution in [0.1, 0.15) is 34.5 Å². The molecule has 1 amide bonds. The van der Waals surface area contributed by atoms with Gasteiger partial charge in [0.1, 0.15) is 17.2 Å². The van der Waals surface area contributed by atoms with E-state index in [0.717, 1.165) is 24.0 Å². The van der Waals surface area contributed by atoms with E-state index in [9.17, 15) is 18.4 Å². The lowest BCUT2D eigenvalue weighted by molar-refractivity contribution is 0.0612. The number of rotatable bonds is 11. The molecule has 2 aromatic carbocycles. The van der Waals surface area contributed by atoms with Crippen LogP contribution < -0.4 is 26.0 Å². The summed E-state index contributed by atoms with van der Waals surface area (Å²) in [6, 6.07) is 18.0. The van der Waals surface area contributed by atoms with E-state index in [0.29, 0.717) is 65.0 Å². The minimum absolute atomic E-state index is 0.0469. The molecule has 4 heterocycles. The van der Waals surface area contributed by atoms with Crippen molar-refractivity contribution >= 4 is 28.6 Å². The van der Waals surface area contributed by atoms with Crippen molar-refractivity contribution in [2.45, 2.75) is 32.1 Å². The van der Waals surface area contributed by atoms with Crippen LogP contribution in [0.2, 0.25) is 0 Å². The van der Waals surface area contributed by atoms with Crippen molar-refractivity contribution in [1.82, 2.24) is 14.5 Å².